The molecule has 1 saturated heterocycles. The van der Waals surface area contributed by atoms with Crippen LogP contribution < -0.4 is 0 Å². The van der Waals surface area contributed by atoms with E-state index in [-0.39, 0.29) is 12.5 Å². The second-order valence-corrected chi connectivity index (χ2v) is 5.81. The highest BCUT2D eigenvalue weighted by Crippen LogP contribution is 2.22. The summed E-state index contributed by atoms with van der Waals surface area (Å²) in [6.45, 7) is 2.51. The Morgan fingerprint density at radius 1 is 1.35 bits per heavy atom. The fourth-order valence-electron chi connectivity index (χ4n) is 2.55. The van der Waals surface area contributed by atoms with Crippen molar-refractivity contribution in [1.29, 1.82) is 5.26 Å². The summed E-state index contributed by atoms with van der Waals surface area (Å²) in [4.78, 5) is 27.1. The van der Waals surface area contributed by atoms with E-state index >= 15 is 0 Å². The molecule has 5 heteroatoms. The molecule has 2 atom stereocenters. The van der Waals surface area contributed by atoms with Gasteiger partial charge >= 0.3 is 0 Å². The molecule has 1 aliphatic heterocycles. The van der Waals surface area contributed by atoms with Crippen molar-refractivity contribution in [3.8, 4) is 17.9 Å². The molecule has 0 aromatic heterocycles. The van der Waals surface area contributed by atoms with Crippen LogP contribution in [0.5, 0.6) is 0 Å². The second-order valence-electron chi connectivity index (χ2n) is 5.81. The van der Waals surface area contributed by atoms with Gasteiger partial charge < -0.3 is 9.80 Å². The lowest BCUT2D eigenvalue weighted by atomic mass is 10.1. The van der Waals surface area contributed by atoms with Gasteiger partial charge in [0.2, 0.25) is 5.91 Å². The van der Waals surface area contributed by atoms with Crippen LogP contribution in [-0.2, 0) is 9.59 Å². The van der Waals surface area contributed by atoms with Crippen LogP contribution in [0.1, 0.15) is 18.9 Å². The lowest BCUT2D eigenvalue weighted by molar-refractivity contribution is -0.137. The molecule has 2 unspecified atom stereocenters. The monoisotopic (exact) mass is 309 g/mol. The number of likely N-dealkylation sites (N-methyl/N-ethyl adjacent to an activating group) is 1. The summed E-state index contributed by atoms with van der Waals surface area (Å²) in [7, 11) is 1.54. The van der Waals surface area contributed by atoms with E-state index in [4.69, 9.17) is 5.26 Å². The maximum Gasteiger partial charge on any atom is 0.299 e. The van der Waals surface area contributed by atoms with E-state index < -0.39 is 11.9 Å². The number of carbonyl (C=O) groups is 2. The first-order chi connectivity index (χ1) is 11.0. The van der Waals surface area contributed by atoms with Crippen LogP contribution in [-0.4, -0.2) is 47.8 Å². The van der Waals surface area contributed by atoms with Crippen LogP contribution in [0.2, 0.25) is 0 Å². The number of likely N-dealkylation sites (tertiary alicyclic amines) is 1. The van der Waals surface area contributed by atoms with E-state index in [1.54, 1.807) is 11.9 Å². The minimum absolute atomic E-state index is 0.0623. The van der Waals surface area contributed by atoms with Crippen molar-refractivity contribution in [2.24, 2.45) is 5.92 Å². The van der Waals surface area contributed by atoms with Gasteiger partial charge in [-0.3, -0.25) is 9.59 Å². The lowest BCUT2D eigenvalue weighted by Gasteiger charge is -2.22. The van der Waals surface area contributed by atoms with Crippen molar-refractivity contribution < 1.29 is 9.59 Å². The van der Waals surface area contributed by atoms with Crippen molar-refractivity contribution in [2.45, 2.75) is 19.4 Å². The highest BCUT2D eigenvalue weighted by Gasteiger charge is 2.33. The fraction of sp³-hybridized carbons (Fsp3) is 0.389. The first-order valence-corrected chi connectivity index (χ1v) is 7.52. The van der Waals surface area contributed by atoms with Gasteiger partial charge in [-0.2, -0.15) is 5.26 Å². The van der Waals surface area contributed by atoms with Gasteiger partial charge in [-0.05, 0) is 24.5 Å². The average Bonchev–Trinajstić information content (AvgIpc) is 2.94. The first-order valence-electron chi connectivity index (χ1n) is 7.52. The Morgan fingerprint density at radius 3 is 2.70 bits per heavy atom. The lowest BCUT2D eigenvalue weighted by Crippen LogP contribution is -2.42. The number of benzene rings is 1. The Balaban J connectivity index is 1.95. The number of amides is 2. The molecule has 0 aliphatic carbocycles. The summed E-state index contributed by atoms with van der Waals surface area (Å²) < 4.78 is 0. The molecule has 118 valence electrons. The number of nitrogens with zero attached hydrogens (tertiary/aromatic N) is 3. The van der Waals surface area contributed by atoms with Crippen molar-refractivity contribution in [2.75, 3.05) is 20.1 Å². The van der Waals surface area contributed by atoms with Crippen LogP contribution in [0.3, 0.4) is 0 Å². The largest absolute Gasteiger partial charge is 0.326 e. The van der Waals surface area contributed by atoms with Gasteiger partial charge in [0.25, 0.3) is 5.91 Å². The molecule has 0 radical (unpaired) electrons. The zero-order valence-electron chi connectivity index (χ0n) is 13.3. The van der Waals surface area contributed by atoms with Gasteiger partial charge in [-0.25, -0.2) is 0 Å². The maximum atomic E-state index is 12.3. The van der Waals surface area contributed by atoms with Gasteiger partial charge in [0, 0.05) is 25.1 Å². The van der Waals surface area contributed by atoms with Gasteiger partial charge in [0.1, 0.15) is 12.6 Å². The number of rotatable bonds is 2. The molecule has 0 N–H and O–H groups in total. The molecule has 1 aromatic carbocycles. The molecule has 1 aliphatic rings. The number of nitriles is 1. The highest BCUT2D eigenvalue weighted by molar-refractivity contribution is 5.96. The molecular weight excluding hydrogens is 290 g/mol. The third kappa shape index (κ3) is 4.34. The van der Waals surface area contributed by atoms with E-state index in [2.05, 4.69) is 17.9 Å². The molecule has 2 amide bonds. The van der Waals surface area contributed by atoms with Crippen molar-refractivity contribution in [3.63, 3.8) is 0 Å². The first kappa shape index (κ1) is 16.6. The Morgan fingerprint density at radius 2 is 2.04 bits per heavy atom. The average molecular weight is 309 g/mol. The quantitative estimate of drug-likeness (QED) is 0.773. The molecule has 1 fully saturated rings. The van der Waals surface area contributed by atoms with E-state index in [0.717, 1.165) is 5.56 Å². The molecule has 1 aromatic rings. The summed E-state index contributed by atoms with van der Waals surface area (Å²) in [5.41, 5.74) is 0.749. The highest BCUT2D eigenvalue weighted by atomic mass is 16.2. The van der Waals surface area contributed by atoms with Crippen molar-refractivity contribution in [1.82, 2.24) is 9.80 Å². The third-order valence-electron chi connectivity index (χ3n) is 3.79. The number of hydrogen-bond donors (Lipinski definition) is 0. The summed E-state index contributed by atoms with van der Waals surface area (Å²) in [6, 6.07) is 11.0. The van der Waals surface area contributed by atoms with Crippen LogP contribution in [0.4, 0.5) is 0 Å². The maximum absolute atomic E-state index is 12.3. The SMILES string of the molecule is CC1CC(C#N)N(C(=O)CN(C)C(=O)C#Cc2ccccc2)C1. The molecule has 2 rings (SSSR count). The molecular formula is C18H19N3O2. The third-order valence-corrected chi connectivity index (χ3v) is 3.79. The summed E-state index contributed by atoms with van der Waals surface area (Å²) in [6.07, 6.45) is 0.688. The van der Waals surface area contributed by atoms with Crippen LogP contribution in [0, 0.1) is 29.1 Å². The zero-order valence-corrected chi connectivity index (χ0v) is 13.3. The standard InChI is InChI=1S/C18H19N3O2/c1-14-10-16(11-19)21(12-14)18(23)13-20(2)17(22)9-8-15-6-4-3-5-7-15/h3-7,14,16H,10,12-13H2,1-2H3. The van der Waals surface area contributed by atoms with Crippen LogP contribution in [0.15, 0.2) is 30.3 Å². The van der Waals surface area contributed by atoms with Gasteiger partial charge in [-0.1, -0.05) is 31.0 Å². The van der Waals surface area contributed by atoms with E-state index in [1.807, 2.05) is 37.3 Å². The topological polar surface area (TPSA) is 64.4 Å². The van der Waals surface area contributed by atoms with Gasteiger partial charge in [-0.15, -0.1) is 0 Å². The van der Waals surface area contributed by atoms with Gasteiger partial charge in [0.15, 0.2) is 0 Å². The number of hydrogen-bond acceptors (Lipinski definition) is 3. The molecule has 0 spiro atoms. The minimum Gasteiger partial charge on any atom is -0.326 e. The van der Waals surface area contributed by atoms with Crippen molar-refractivity contribution in [3.05, 3.63) is 35.9 Å². The van der Waals surface area contributed by atoms with E-state index in [9.17, 15) is 9.59 Å². The normalized spacial score (nSPS) is 19.4. The molecule has 5 nitrogen and oxygen atoms in total. The predicted molar refractivity (Wildman–Crippen MR) is 85.9 cm³/mol. The molecule has 0 bridgehead atoms. The Bertz CT molecular complexity index is 682. The Labute approximate surface area is 136 Å². The van der Waals surface area contributed by atoms with E-state index in [0.29, 0.717) is 18.9 Å². The van der Waals surface area contributed by atoms with E-state index in [1.165, 1.54) is 4.90 Å². The molecule has 0 saturated carbocycles. The molecule has 1 heterocycles. The van der Waals surface area contributed by atoms with Crippen LogP contribution >= 0.6 is 0 Å². The number of carbonyl (C=O) groups excluding carboxylic acids is 2. The van der Waals surface area contributed by atoms with Gasteiger partial charge in [0.05, 0.1) is 6.07 Å². The summed E-state index contributed by atoms with van der Waals surface area (Å²) in [5.74, 6) is 4.99. The predicted octanol–water partition coefficient (Wildman–Crippen LogP) is 1.26. The Kier molecular flexibility index (Phi) is 5.38. The Hall–Kier alpha value is -2.79. The smallest absolute Gasteiger partial charge is 0.299 e. The summed E-state index contributed by atoms with van der Waals surface area (Å²) in [5, 5.41) is 9.11. The summed E-state index contributed by atoms with van der Waals surface area (Å²) >= 11 is 0. The fourth-order valence-corrected chi connectivity index (χ4v) is 2.55. The second kappa shape index (κ2) is 7.47. The molecule has 23 heavy (non-hydrogen) atoms. The zero-order chi connectivity index (χ0) is 16.8. The van der Waals surface area contributed by atoms with Crippen molar-refractivity contribution >= 4 is 11.8 Å². The van der Waals surface area contributed by atoms with Crippen LogP contribution in [0.25, 0.3) is 0 Å². The minimum atomic E-state index is -0.414.